The number of sulfonamides is 1. The highest BCUT2D eigenvalue weighted by molar-refractivity contribution is 7.99. The minimum atomic E-state index is -3.07. The molecule has 1 heterocycles. The Hall–Kier alpha value is 0.220. The van der Waals surface area contributed by atoms with Crippen molar-refractivity contribution in [1.29, 1.82) is 0 Å². The van der Waals surface area contributed by atoms with Crippen molar-refractivity contribution in [2.45, 2.75) is 25.8 Å². The second-order valence-electron chi connectivity index (χ2n) is 3.75. The van der Waals surface area contributed by atoms with Crippen LogP contribution in [-0.4, -0.2) is 44.8 Å². The van der Waals surface area contributed by atoms with Crippen LogP contribution >= 0.6 is 11.8 Å². The van der Waals surface area contributed by atoms with Gasteiger partial charge in [0.2, 0.25) is 10.0 Å². The first-order valence-electron chi connectivity index (χ1n) is 5.42. The lowest BCUT2D eigenvalue weighted by Crippen LogP contribution is -2.38. The van der Waals surface area contributed by atoms with Gasteiger partial charge in [0.1, 0.15) is 0 Å². The Morgan fingerprint density at radius 3 is 2.80 bits per heavy atom. The minimum Gasteiger partial charge on any atom is -0.316 e. The fourth-order valence-corrected chi connectivity index (χ4v) is 3.95. The Morgan fingerprint density at radius 1 is 1.40 bits per heavy atom. The Morgan fingerprint density at radius 2 is 2.20 bits per heavy atom. The van der Waals surface area contributed by atoms with Crippen molar-refractivity contribution in [3.05, 3.63) is 0 Å². The van der Waals surface area contributed by atoms with E-state index in [4.69, 9.17) is 0 Å². The van der Waals surface area contributed by atoms with E-state index in [-0.39, 0.29) is 11.8 Å². The van der Waals surface area contributed by atoms with Crippen LogP contribution in [0.3, 0.4) is 0 Å². The van der Waals surface area contributed by atoms with Crippen LogP contribution in [0, 0.1) is 0 Å². The van der Waals surface area contributed by atoms with E-state index in [1.165, 1.54) is 0 Å². The minimum absolute atomic E-state index is 0.158. The summed E-state index contributed by atoms with van der Waals surface area (Å²) in [6.45, 7) is 3.49. The molecule has 6 heteroatoms. The van der Waals surface area contributed by atoms with Gasteiger partial charge in [-0.1, -0.05) is 6.92 Å². The molecule has 15 heavy (non-hydrogen) atoms. The van der Waals surface area contributed by atoms with Crippen LogP contribution < -0.4 is 10.0 Å². The van der Waals surface area contributed by atoms with E-state index in [1.807, 2.05) is 11.8 Å². The highest BCUT2D eigenvalue weighted by Gasteiger charge is 2.21. The molecule has 2 N–H and O–H groups in total. The molecule has 0 radical (unpaired) electrons. The molecule has 1 aliphatic heterocycles. The van der Waals surface area contributed by atoms with Crippen LogP contribution in [0.4, 0.5) is 0 Å². The van der Waals surface area contributed by atoms with Crippen molar-refractivity contribution in [3.63, 3.8) is 0 Å². The summed E-state index contributed by atoms with van der Waals surface area (Å²) in [6, 6.07) is 0.158. The first kappa shape index (κ1) is 13.3. The molecule has 1 rings (SSSR count). The topological polar surface area (TPSA) is 58.2 Å². The lowest BCUT2D eigenvalue weighted by atomic mass is 10.3. The van der Waals surface area contributed by atoms with Crippen molar-refractivity contribution in [1.82, 2.24) is 10.0 Å². The molecule has 90 valence electrons. The van der Waals surface area contributed by atoms with Gasteiger partial charge in [-0.2, -0.15) is 11.8 Å². The van der Waals surface area contributed by atoms with E-state index in [1.54, 1.807) is 0 Å². The molecule has 1 aliphatic rings. The molecular formula is C9H20N2O2S2. The number of nitrogens with one attached hydrogen (secondary N) is 2. The van der Waals surface area contributed by atoms with E-state index in [9.17, 15) is 8.42 Å². The molecule has 0 aliphatic carbocycles. The van der Waals surface area contributed by atoms with Gasteiger partial charge in [-0.15, -0.1) is 0 Å². The summed E-state index contributed by atoms with van der Waals surface area (Å²) in [6.07, 6.45) is 2.00. The zero-order valence-corrected chi connectivity index (χ0v) is 10.8. The monoisotopic (exact) mass is 252 g/mol. The van der Waals surface area contributed by atoms with Gasteiger partial charge in [-0.3, -0.25) is 0 Å². The van der Waals surface area contributed by atoms with E-state index >= 15 is 0 Å². The third-order valence-corrected chi connectivity index (χ3v) is 4.85. The number of rotatable bonds is 7. The maximum absolute atomic E-state index is 11.6. The van der Waals surface area contributed by atoms with Crippen LogP contribution in [0.5, 0.6) is 0 Å². The van der Waals surface area contributed by atoms with Gasteiger partial charge in [0.25, 0.3) is 0 Å². The van der Waals surface area contributed by atoms with E-state index in [0.29, 0.717) is 6.54 Å². The summed E-state index contributed by atoms with van der Waals surface area (Å²) in [5, 5.41) is 3.09. The molecule has 4 nitrogen and oxygen atoms in total. The van der Waals surface area contributed by atoms with Gasteiger partial charge in [-0.05, 0) is 25.1 Å². The second kappa shape index (κ2) is 6.73. The van der Waals surface area contributed by atoms with Crippen molar-refractivity contribution >= 4 is 21.8 Å². The largest absolute Gasteiger partial charge is 0.316 e. The molecule has 0 aromatic carbocycles. The summed E-state index contributed by atoms with van der Waals surface area (Å²) in [5.41, 5.74) is 0. The maximum atomic E-state index is 11.6. The maximum Gasteiger partial charge on any atom is 0.213 e. The fraction of sp³-hybridized carbons (Fsp3) is 1.00. The van der Waals surface area contributed by atoms with Crippen LogP contribution in [0.15, 0.2) is 0 Å². The first-order valence-corrected chi connectivity index (χ1v) is 8.23. The predicted octanol–water partition coefficient (Wildman–Crippen LogP) is 0.411. The van der Waals surface area contributed by atoms with E-state index in [2.05, 4.69) is 17.0 Å². The molecule has 0 spiro atoms. The summed E-state index contributed by atoms with van der Waals surface area (Å²) < 4.78 is 25.9. The lowest BCUT2D eigenvalue weighted by molar-refractivity contribution is 0.559. The van der Waals surface area contributed by atoms with Gasteiger partial charge in [0.15, 0.2) is 0 Å². The molecule has 1 atom stereocenters. The second-order valence-corrected chi connectivity index (χ2v) is 6.77. The summed E-state index contributed by atoms with van der Waals surface area (Å²) in [4.78, 5) is 0. The molecule has 0 amide bonds. The van der Waals surface area contributed by atoms with Gasteiger partial charge in [-0.25, -0.2) is 13.1 Å². The Kier molecular flexibility index (Phi) is 5.96. The third kappa shape index (κ3) is 5.75. The fourth-order valence-electron chi connectivity index (χ4n) is 1.45. The molecule has 0 aromatic rings. The first-order chi connectivity index (χ1) is 7.14. The quantitative estimate of drug-likeness (QED) is 0.644. The molecule has 1 unspecified atom stereocenters. The molecule has 1 saturated heterocycles. The summed E-state index contributed by atoms with van der Waals surface area (Å²) in [7, 11) is -3.07. The van der Waals surface area contributed by atoms with Gasteiger partial charge in [0.05, 0.1) is 5.75 Å². The van der Waals surface area contributed by atoms with E-state index < -0.39 is 10.0 Å². The Balaban J connectivity index is 2.19. The number of hydrogen-bond acceptors (Lipinski definition) is 4. The predicted molar refractivity (Wildman–Crippen MR) is 65.8 cm³/mol. The SMILES string of the molecule is CCCNCCS(=O)(=O)NC1CCSC1. The molecule has 0 aromatic heterocycles. The summed E-state index contributed by atoms with van der Waals surface area (Å²) >= 11 is 1.81. The lowest BCUT2D eigenvalue weighted by Gasteiger charge is -2.11. The highest BCUT2D eigenvalue weighted by atomic mass is 32.2. The van der Waals surface area contributed by atoms with E-state index in [0.717, 1.165) is 30.9 Å². The van der Waals surface area contributed by atoms with Crippen molar-refractivity contribution in [3.8, 4) is 0 Å². The highest BCUT2D eigenvalue weighted by Crippen LogP contribution is 2.17. The summed E-state index contributed by atoms with van der Waals surface area (Å²) in [5.74, 6) is 2.18. The van der Waals surface area contributed by atoms with Gasteiger partial charge < -0.3 is 5.32 Å². The van der Waals surface area contributed by atoms with Crippen LogP contribution in [0.2, 0.25) is 0 Å². The Bertz CT molecular complexity index is 261. The van der Waals surface area contributed by atoms with Crippen LogP contribution in [-0.2, 0) is 10.0 Å². The van der Waals surface area contributed by atoms with Crippen molar-refractivity contribution in [2.75, 3.05) is 30.3 Å². The van der Waals surface area contributed by atoms with Crippen LogP contribution in [0.1, 0.15) is 19.8 Å². The third-order valence-electron chi connectivity index (χ3n) is 2.25. The van der Waals surface area contributed by atoms with Crippen molar-refractivity contribution in [2.24, 2.45) is 0 Å². The van der Waals surface area contributed by atoms with Crippen LogP contribution in [0.25, 0.3) is 0 Å². The normalized spacial score (nSPS) is 22.1. The smallest absolute Gasteiger partial charge is 0.213 e. The van der Waals surface area contributed by atoms with Gasteiger partial charge >= 0.3 is 0 Å². The number of thioether (sulfide) groups is 1. The molecule has 0 bridgehead atoms. The molecular weight excluding hydrogens is 232 g/mol. The molecule has 1 fully saturated rings. The zero-order chi connectivity index (χ0) is 11.1. The van der Waals surface area contributed by atoms with Gasteiger partial charge in [0, 0.05) is 18.3 Å². The van der Waals surface area contributed by atoms with Crippen molar-refractivity contribution < 1.29 is 8.42 Å². The number of hydrogen-bond donors (Lipinski definition) is 2. The molecule has 0 saturated carbocycles. The zero-order valence-electron chi connectivity index (χ0n) is 9.16. The Labute approximate surface area is 96.6 Å². The standard InChI is InChI=1S/C9H20N2O2S2/c1-2-4-10-5-7-15(12,13)11-9-3-6-14-8-9/h9-11H,2-8H2,1H3. The average Bonchev–Trinajstić information content (AvgIpc) is 2.64. The average molecular weight is 252 g/mol.